The molecule has 2 aliphatic heterocycles. The number of carbonyl (C=O) groups is 1. The number of likely N-dealkylation sites (tertiary alicyclic amines) is 1. The van der Waals surface area contributed by atoms with E-state index in [1.807, 2.05) is 4.90 Å². The average molecular weight is 373 g/mol. The second-order valence-electron chi connectivity index (χ2n) is 7.54. The predicted molar refractivity (Wildman–Crippen MR) is 107 cm³/mol. The Kier molecular flexibility index (Phi) is 5.38. The SMILES string of the molecule is Cc1c(C(=O)N2CCCCC2)sc2ncnc(N3CCCCCCC3)c12. The molecule has 5 nitrogen and oxygen atoms in total. The summed E-state index contributed by atoms with van der Waals surface area (Å²) in [5.41, 5.74) is 1.07. The molecule has 26 heavy (non-hydrogen) atoms. The van der Waals surface area contributed by atoms with Gasteiger partial charge < -0.3 is 9.80 Å². The zero-order valence-corrected chi connectivity index (χ0v) is 16.5. The van der Waals surface area contributed by atoms with Crippen molar-refractivity contribution in [2.45, 2.75) is 58.3 Å². The highest BCUT2D eigenvalue weighted by molar-refractivity contribution is 7.20. The number of piperidine rings is 1. The van der Waals surface area contributed by atoms with Crippen molar-refractivity contribution in [2.75, 3.05) is 31.1 Å². The normalized spacial score (nSPS) is 19.4. The highest BCUT2D eigenvalue weighted by Crippen LogP contribution is 2.36. The third-order valence-electron chi connectivity index (χ3n) is 5.70. The molecule has 0 saturated carbocycles. The molecule has 0 radical (unpaired) electrons. The number of carbonyl (C=O) groups excluding carboxylic acids is 1. The van der Waals surface area contributed by atoms with Crippen LogP contribution in [0.15, 0.2) is 6.33 Å². The van der Waals surface area contributed by atoms with E-state index in [4.69, 9.17) is 0 Å². The summed E-state index contributed by atoms with van der Waals surface area (Å²) in [6, 6.07) is 0. The van der Waals surface area contributed by atoms with Gasteiger partial charge in [0.1, 0.15) is 17.0 Å². The Bertz CT molecular complexity index is 773. The lowest BCUT2D eigenvalue weighted by Crippen LogP contribution is -2.35. The number of hydrogen-bond acceptors (Lipinski definition) is 5. The lowest BCUT2D eigenvalue weighted by Gasteiger charge is -2.27. The second-order valence-corrected chi connectivity index (χ2v) is 8.54. The first-order valence-corrected chi connectivity index (χ1v) is 10.9. The molecular weight excluding hydrogens is 344 g/mol. The molecule has 0 spiro atoms. The van der Waals surface area contributed by atoms with Crippen LogP contribution in [0.4, 0.5) is 5.82 Å². The van der Waals surface area contributed by atoms with Gasteiger partial charge in [-0.05, 0) is 44.6 Å². The first kappa shape index (κ1) is 17.7. The highest BCUT2D eigenvalue weighted by atomic mass is 32.1. The van der Waals surface area contributed by atoms with Crippen molar-refractivity contribution in [2.24, 2.45) is 0 Å². The fourth-order valence-corrected chi connectivity index (χ4v) is 5.31. The van der Waals surface area contributed by atoms with Crippen LogP contribution in [-0.2, 0) is 0 Å². The number of fused-ring (bicyclic) bond motifs is 1. The smallest absolute Gasteiger partial charge is 0.264 e. The topological polar surface area (TPSA) is 49.3 Å². The number of aromatic nitrogens is 2. The van der Waals surface area contributed by atoms with E-state index in [1.165, 1.54) is 38.5 Å². The van der Waals surface area contributed by atoms with Crippen molar-refractivity contribution in [3.63, 3.8) is 0 Å². The van der Waals surface area contributed by atoms with Crippen molar-refractivity contribution >= 4 is 33.3 Å². The number of thiophene rings is 1. The Balaban J connectivity index is 1.69. The largest absolute Gasteiger partial charge is 0.356 e. The molecule has 140 valence electrons. The molecular formula is C20H28N4OS. The van der Waals surface area contributed by atoms with Crippen LogP contribution in [0, 0.1) is 6.92 Å². The van der Waals surface area contributed by atoms with E-state index in [-0.39, 0.29) is 5.91 Å². The van der Waals surface area contributed by atoms with Gasteiger partial charge in [-0.1, -0.05) is 19.3 Å². The minimum atomic E-state index is 0.184. The Morgan fingerprint density at radius 3 is 2.27 bits per heavy atom. The van der Waals surface area contributed by atoms with Gasteiger partial charge >= 0.3 is 0 Å². The van der Waals surface area contributed by atoms with Gasteiger partial charge in [-0.15, -0.1) is 11.3 Å². The molecule has 0 aromatic carbocycles. The first-order valence-electron chi connectivity index (χ1n) is 10.0. The Morgan fingerprint density at radius 1 is 0.923 bits per heavy atom. The summed E-state index contributed by atoms with van der Waals surface area (Å²) < 4.78 is 0. The van der Waals surface area contributed by atoms with E-state index in [9.17, 15) is 4.79 Å². The third kappa shape index (κ3) is 3.43. The third-order valence-corrected chi connectivity index (χ3v) is 6.89. The van der Waals surface area contributed by atoms with Gasteiger partial charge in [0.15, 0.2) is 0 Å². The van der Waals surface area contributed by atoms with Crippen LogP contribution in [0.1, 0.15) is 66.6 Å². The molecule has 2 fully saturated rings. The summed E-state index contributed by atoms with van der Waals surface area (Å²) in [6.45, 7) is 5.95. The summed E-state index contributed by atoms with van der Waals surface area (Å²) in [5.74, 6) is 1.21. The van der Waals surface area contributed by atoms with Gasteiger partial charge in [0.25, 0.3) is 5.91 Å². The maximum atomic E-state index is 13.1. The van der Waals surface area contributed by atoms with Gasteiger partial charge in [0.2, 0.25) is 0 Å². The van der Waals surface area contributed by atoms with E-state index in [1.54, 1.807) is 17.7 Å². The summed E-state index contributed by atoms with van der Waals surface area (Å²) in [7, 11) is 0. The zero-order chi connectivity index (χ0) is 17.9. The molecule has 4 heterocycles. The molecule has 4 rings (SSSR count). The zero-order valence-electron chi connectivity index (χ0n) is 15.7. The van der Waals surface area contributed by atoms with Crippen LogP contribution < -0.4 is 4.90 Å². The van der Waals surface area contributed by atoms with Crippen LogP contribution in [0.5, 0.6) is 0 Å². The number of aryl methyl sites for hydroxylation is 1. The van der Waals surface area contributed by atoms with Crippen molar-refractivity contribution in [3.8, 4) is 0 Å². The maximum Gasteiger partial charge on any atom is 0.264 e. The molecule has 2 aromatic rings. The summed E-state index contributed by atoms with van der Waals surface area (Å²) in [4.78, 5) is 28.4. The molecule has 0 unspecified atom stereocenters. The Labute approximate surface area is 159 Å². The molecule has 6 heteroatoms. The van der Waals surface area contributed by atoms with Crippen LogP contribution in [-0.4, -0.2) is 47.0 Å². The number of amides is 1. The van der Waals surface area contributed by atoms with Gasteiger partial charge in [-0.25, -0.2) is 9.97 Å². The highest BCUT2D eigenvalue weighted by Gasteiger charge is 2.26. The summed E-state index contributed by atoms with van der Waals surface area (Å²) in [6.07, 6.45) is 11.5. The molecule has 0 bridgehead atoms. The fraction of sp³-hybridized carbons (Fsp3) is 0.650. The van der Waals surface area contributed by atoms with Gasteiger partial charge in [-0.2, -0.15) is 0 Å². The molecule has 1 amide bonds. The first-order chi connectivity index (χ1) is 12.8. The van der Waals surface area contributed by atoms with E-state index in [2.05, 4.69) is 21.8 Å². The number of rotatable bonds is 2. The van der Waals surface area contributed by atoms with E-state index >= 15 is 0 Å². The molecule has 2 saturated heterocycles. The maximum absolute atomic E-state index is 13.1. The van der Waals surface area contributed by atoms with Crippen LogP contribution in [0.3, 0.4) is 0 Å². The minimum absolute atomic E-state index is 0.184. The monoisotopic (exact) mass is 372 g/mol. The quantitative estimate of drug-likeness (QED) is 0.784. The summed E-state index contributed by atoms with van der Waals surface area (Å²) >= 11 is 1.54. The van der Waals surface area contributed by atoms with E-state index < -0.39 is 0 Å². The fourth-order valence-electron chi connectivity index (χ4n) is 4.20. The molecule has 0 N–H and O–H groups in total. The van der Waals surface area contributed by atoms with Crippen LogP contribution in [0.25, 0.3) is 10.2 Å². The Morgan fingerprint density at radius 2 is 1.54 bits per heavy atom. The van der Waals surface area contributed by atoms with Crippen molar-refractivity contribution < 1.29 is 4.79 Å². The van der Waals surface area contributed by atoms with E-state index in [0.29, 0.717) is 0 Å². The van der Waals surface area contributed by atoms with Crippen molar-refractivity contribution in [1.82, 2.24) is 14.9 Å². The lowest BCUT2D eigenvalue weighted by atomic mass is 10.1. The van der Waals surface area contributed by atoms with Gasteiger partial charge in [0.05, 0.1) is 10.3 Å². The lowest BCUT2D eigenvalue weighted by molar-refractivity contribution is 0.0728. The average Bonchev–Trinajstić information content (AvgIpc) is 2.99. The molecule has 2 aliphatic rings. The summed E-state index contributed by atoms with van der Waals surface area (Å²) in [5, 5.41) is 1.10. The van der Waals surface area contributed by atoms with Crippen molar-refractivity contribution in [3.05, 3.63) is 16.8 Å². The number of anilines is 1. The Hall–Kier alpha value is -1.69. The van der Waals surface area contributed by atoms with Crippen LogP contribution >= 0.6 is 11.3 Å². The molecule has 0 atom stereocenters. The second kappa shape index (κ2) is 7.91. The predicted octanol–water partition coefficient (Wildman–Crippen LogP) is 4.40. The number of hydrogen-bond donors (Lipinski definition) is 0. The van der Waals surface area contributed by atoms with Gasteiger partial charge in [0, 0.05) is 26.2 Å². The number of nitrogens with zero attached hydrogens (tertiary/aromatic N) is 4. The van der Waals surface area contributed by atoms with Crippen molar-refractivity contribution in [1.29, 1.82) is 0 Å². The van der Waals surface area contributed by atoms with E-state index in [0.717, 1.165) is 65.5 Å². The minimum Gasteiger partial charge on any atom is -0.356 e. The van der Waals surface area contributed by atoms with Crippen LogP contribution in [0.2, 0.25) is 0 Å². The van der Waals surface area contributed by atoms with Gasteiger partial charge in [-0.3, -0.25) is 4.79 Å². The molecule has 2 aromatic heterocycles. The standard InChI is InChI=1S/C20H28N4OS/c1-15-16-18(23-10-6-3-2-4-7-11-23)21-14-22-19(16)26-17(15)20(25)24-12-8-5-9-13-24/h14H,2-13H2,1H3. The molecule has 0 aliphatic carbocycles.